The normalized spacial score (nSPS) is 14.9. The molecular formula is C23H20BrNO3S2. The van der Waals surface area contributed by atoms with Gasteiger partial charge in [0.2, 0.25) is 0 Å². The quantitative estimate of drug-likeness (QED) is 0.280. The van der Waals surface area contributed by atoms with Crippen LogP contribution in [0.15, 0.2) is 39.7 Å². The SMILES string of the molecule is C#CCOc1c(Br)cc(/C=C2/SC(=S)N(c3ccc(C)cc3C)C2=O)cc1OCC. The van der Waals surface area contributed by atoms with Gasteiger partial charge in [0.05, 0.1) is 21.7 Å². The highest BCUT2D eigenvalue weighted by atomic mass is 79.9. The van der Waals surface area contributed by atoms with Crippen molar-refractivity contribution in [3.8, 4) is 23.8 Å². The van der Waals surface area contributed by atoms with Gasteiger partial charge < -0.3 is 9.47 Å². The molecular weight excluding hydrogens is 482 g/mol. The maximum atomic E-state index is 13.1. The van der Waals surface area contributed by atoms with E-state index >= 15 is 0 Å². The summed E-state index contributed by atoms with van der Waals surface area (Å²) in [5, 5.41) is 0. The molecule has 4 nitrogen and oxygen atoms in total. The first-order chi connectivity index (χ1) is 14.3. The van der Waals surface area contributed by atoms with E-state index in [9.17, 15) is 4.79 Å². The molecule has 154 valence electrons. The van der Waals surface area contributed by atoms with Gasteiger partial charge in [-0.1, -0.05) is 47.6 Å². The molecule has 3 rings (SSSR count). The molecule has 0 aromatic heterocycles. The Balaban J connectivity index is 1.96. The van der Waals surface area contributed by atoms with E-state index in [1.807, 2.05) is 51.1 Å². The highest BCUT2D eigenvalue weighted by Gasteiger charge is 2.34. The summed E-state index contributed by atoms with van der Waals surface area (Å²) in [4.78, 5) is 15.3. The number of hydrogen-bond acceptors (Lipinski definition) is 5. The van der Waals surface area contributed by atoms with Crippen LogP contribution in [0.1, 0.15) is 23.6 Å². The number of carbonyl (C=O) groups is 1. The average molecular weight is 502 g/mol. The third kappa shape index (κ3) is 4.72. The van der Waals surface area contributed by atoms with Crippen LogP contribution in [0.2, 0.25) is 0 Å². The van der Waals surface area contributed by atoms with E-state index in [0.717, 1.165) is 22.4 Å². The first-order valence-electron chi connectivity index (χ1n) is 9.23. The first-order valence-corrected chi connectivity index (χ1v) is 11.2. The lowest BCUT2D eigenvalue weighted by Gasteiger charge is -2.17. The lowest BCUT2D eigenvalue weighted by atomic mass is 10.1. The van der Waals surface area contributed by atoms with Gasteiger partial charge in [0, 0.05) is 0 Å². The summed E-state index contributed by atoms with van der Waals surface area (Å²) in [7, 11) is 0. The number of anilines is 1. The minimum absolute atomic E-state index is 0.132. The number of terminal acetylenes is 1. The number of carbonyl (C=O) groups excluding carboxylic acids is 1. The fraction of sp³-hybridized carbons (Fsp3) is 0.217. The molecule has 1 fully saturated rings. The zero-order valence-electron chi connectivity index (χ0n) is 16.8. The number of aryl methyl sites for hydroxylation is 2. The molecule has 1 aliphatic rings. The van der Waals surface area contributed by atoms with Gasteiger partial charge in [-0.05, 0) is 72.1 Å². The smallest absolute Gasteiger partial charge is 0.270 e. The maximum absolute atomic E-state index is 13.1. The van der Waals surface area contributed by atoms with Crippen molar-refractivity contribution in [1.82, 2.24) is 0 Å². The van der Waals surface area contributed by atoms with E-state index in [1.54, 1.807) is 11.0 Å². The number of thiocarbonyl (C=S) groups is 1. The van der Waals surface area contributed by atoms with Gasteiger partial charge in [-0.15, -0.1) is 6.42 Å². The number of amides is 1. The van der Waals surface area contributed by atoms with Crippen molar-refractivity contribution in [2.75, 3.05) is 18.1 Å². The zero-order chi connectivity index (χ0) is 21.8. The first kappa shape index (κ1) is 22.4. The number of thioether (sulfide) groups is 1. The molecule has 2 aromatic rings. The summed E-state index contributed by atoms with van der Waals surface area (Å²) in [5.74, 6) is 3.40. The molecule has 1 aliphatic heterocycles. The monoisotopic (exact) mass is 501 g/mol. The van der Waals surface area contributed by atoms with Crippen molar-refractivity contribution in [2.45, 2.75) is 20.8 Å². The molecule has 0 unspecified atom stereocenters. The predicted molar refractivity (Wildman–Crippen MR) is 131 cm³/mol. The largest absolute Gasteiger partial charge is 0.490 e. The van der Waals surface area contributed by atoms with Gasteiger partial charge >= 0.3 is 0 Å². The third-order valence-corrected chi connectivity index (χ3v) is 6.21. The number of nitrogens with zero attached hydrogens (tertiary/aromatic N) is 1. The summed E-state index contributed by atoms with van der Waals surface area (Å²) < 4.78 is 12.5. The van der Waals surface area contributed by atoms with Crippen LogP contribution in [0.25, 0.3) is 6.08 Å². The molecule has 0 aliphatic carbocycles. The Labute approximate surface area is 194 Å². The molecule has 0 bridgehead atoms. The summed E-state index contributed by atoms with van der Waals surface area (Å²) >= 11 is 10.3. The summed E-state index contributed by atoms with van der Waals surface area (Å²) in [6.07, 6.45) is 7.11. The van der Waals surface area contributed by atoms with Crippen LogP contribution in [-0.2, 0) is 4.79 Å². The number of halogens is 1. The molecule has 0 spiro atoms. The van der Waals surface area contributed by atoms with Crippen molar-refractivity contribution in [1.29, 1.82) is 0 Å². The van der Waals surface area contributed by atoms with Crippen molar-refractivity contribution in [2.24, 2.45) is 0 Å². The average Bonchev–Trinajstić information content (AvgIpc) is 2.95. The fourth-order valence-corrected chi connectivity index (χ4v) is 4.93. The Morgan fingerprint density at radius 2 is 2.03 bits per heavy atom. The molecule has 7 heteroatoms. The molecule has 0 atom stereocenters. The Morgan fingerprint density at radius 1 is 1.27 bits per heavy atom. The van der Waals surface area contributed by atoms with Gasteiger partial charge in [0.15, 0.2) is 15.8 Å². The maximum Gasteiger partial charge on any atom is 0.270 e. The van der Waals surface area contributed by atoms with Crippen LogP contribution in [0.5, 0.6) is 11.5 Å². The summed E-state index contributed by atoms with van der Waals surface area (Å²) in [5.41, 5.74) is 3.74. The topological polar surface area (TPSA) is 38.8 Å². The molecule has 1 saturated heterocycles. The molecule has 1 amide bonds. The Morgan fingerprint density at radius 3 is 2.70 bits per heavy atom. The van der Waals surface area contributed by atoms with Crippen LogP contribution < -0.4 is 14.4 Å². The van der Waals surface area contributed by atoms with Crippen molar-refractivity contribution < 1.29 is 14.3 Å². The van der Waals surface area contributed by atoms with E-state index in [4.69, 9.17) is 28.1 Å². The molecule has 0 saturated carbocycles. The molecule has 30 heavy (non-hydrogen) atoms. The van der Waals surface area contributed by atoms with E-state index in [2.05, 4.69) is 21.9 Å². The molecule has 0 radical (unpaired) electrons. The number of benzene rings is 2. The van der Waals surface area contributed by atoms with Gasteiger partial charge in [-0.2, -0.15) is 0 Å². The second kappa shape index (κ2) is 9.69. The highest BCUT2D eigenvalue weighted by Crippen LogP contribution is 2.40. The van der Waals surface area contributed by atoms with Crippen molar-refractivity contribution in [3.05, 3.63) is 56.4 Å². The van der Waals surface area contributed by atoms with E-state index in [0.29, 0.717) is 31.8 Å². The van der Waals surface area contributed by atoms with Crippen LogP contribution >= 0.6 is 39.9 Å². The van der Waals surface area contributed by atoms with Gasteiger partial charge in [0.1, 0.15) is 6.61 Å². The molecule has 1 heterocycles. The zero-order valence-corrected chi connectivity index (χ0v) is 20.0. The standard InChI is InChI=1S/C23H20BrNO3S2/c1-5-9-28-21-17(24)11-16(12-19(21)27-6-2)13-20-22(26)25(23(29)30-20)18-8-7-14(3)10-15(18)4/h1,7-8,10-13H,6,9H2,2-4H3/b20-13+. The van der Waals surface area contributed by atoms with Gasteiger partial charge in [-0.3, -0.25) is 9.69 Å². The van der Waals surface area contributed by atoms with E-state index in [-0.39, 0.29) is 12.5 Å². The van der Waals surface area contributed by atoms with Crippen LogP contribution in [0.4, 0.5) is 5.69 Å². The summed E-state index contributed by atoms with van der Waals surface area (Å²) in [6, 6.07) is 9.63. The van der Waals surface area contributed by atoms with E-state index in [1.165, 1.54) is 11.8 Å². The highest BCUT2D eigenvalue weighted by molar-refractivity contribution is 9.10. The second-order valence-electron chi connectivity index (χ2n) is 6.56. The van der Waals surface area contributed by atoms with Crippen LogP contribution in [-0.4, -0.2) is 23.4 Å². The van der Waals surface area contributed by atoms with Crippen molar-refractivity contribution in [3.63, 3.8) is 0 Å². The third-order valence-electron chi connectivity index (χ3n) is 4.32. The molecule has 2 aromatic carbocycles. The second-order valence-corrected chi connectivity index (χ2v) is 9.09. The predicted octanol–water partition coefficient (Wildman–Crippen LogP) is 5.88. The van der Waals surface area contributed by atoms with E-state index < -0.39 is 0 Å². The summed E-state index contributed by atoms with van der Waals surface area (Å²) in [6.45, 7) is 6.49. The van der Waals surface area contributed by atoms with Crippen molar-refractivity contribution >= 4 is 61.9 Å². The van der Waals surface area contributed by atoms with Gasteiger partial charge in [-0.25, -0.2) is 0 Å². The van der Waals surface area contributed by atoms with Crippen LogP contribution in [0.3, 0.4) is 0 Å². The molecule has 0 N–H and O–H groups in total. The Bertz CT molecular complexity index is 1090. The minimum Gasteiger partial charge on any atom is -0.490 e. The fourth-order valence-electron chi connectivity index (χ4n) is 3.07. The Kier molecular flexibility index (Phi) is 7.24. The number of ether oxygens (including phenoxy) is 2. The number of rotatable bonds is 6. The van der Waals surface area contributed by atoms with Crippen LogP contribution in [0, 0.1) is 26.2 Å². The minimum atomic E-state index is -0.140. The Hall–Kier alpha value is -2.27. The number of hydrogen-bond donors (Lipinski definition) is 0. The lowest BCUT2D eigenvalue weighted by molar-refractivity contribution is -0.113. The van der Waals surface area contributed by atoms with Gasteiger partial charge in [0.25, 0.3) is 5.91 Å². The lowest BCUT2D eigenvalue weighted by Crippen LogP contribution is -2.28.